The van der Waals surface area contributed by atoms with Crippen LogP contribution in [0.4, 0.5) is 0 Å². The fourth-order valence-electron chi connectivity index (χ4n) is 1.81. The second-order valence-electron chi connectivity index (χ2n) is 3.49. The molecule has 0 unspecified atom stereocenters. The minimum atomic E-state index is -0.387. The van der Waals surface area contributed by atoms with Crippen molar-refractivity contribution in [1.82, 2.24) is 4.90 Å². The Morgan fingerprint density at radius 3 is 2.79 bits per heavy atom. The molecule has 0 fully saturated rings. The zero-order chi connectivity index (χ0) is 9.97. The Bertz CT molecular complexity index is 349. The number of rotatable bonds is 1. The highest BCUT2D eigenvalue weighted by atomic mass is 16.3. The van der Waals surface area contributed by atoms with Crippen molar-refractivity contribution < 1.29 is 9.90 Å². The maximum atomic E-state index is 11.3. The molecule has 1 aromatic rings. The molecule has 1 aromatic carbocycles. The number of carbonyl (C=O) groups is 1. The van der Waals surface area contributed by atoms with Gasteiger partial charge < -0.3 is 10.0 Å². The first-order chi connectivity index (χ1) is 6.81. The number of hydrogen-bond donors (Lipinski definition) is 1. The highest BCUT2D eigenvalue weighted by Crippen LogP contribution is 2.18. The van der Waals surface area contributed by atoms with Crippen LogP contribution < -0.4 is 0 Å². The van der Waals surface area contributed by atoms with Crippen molar-refractivity contribution in [1.29, 1.82) is 0 Å². The van der Waals surface area contributed by atoms with Gasteiger partial charge in [-0.1, -0.05) is 24.3 Å². The van der Waals surface area contributed by atoms with E-state index < -0.39 is 0 Å². The smallest absolute Gasteiger partial charge is 0.248 e. The first-order valence-corrected chi connectivity index (χ1v) is 4.76. The summed E-state index contributed by atoms with van der Waals surface area (Å²) in [6.07, 6.45) is 0.891. The van der Waals surface area contributed by atoms with E-state index in [9.17, 15) is 4.79 Å². The Labute approximate surface area is 83.0 Å². The summed E-state index contributed by atoms with van der Waals surface area (Å²) in [6, 6.07) is 8.12. The molecule has 2 rings (SSSR count). The van der Waals surface area contributed by atoms with E-state index in [0.717, 1.165) is 13.0 Å². The van der Waals surface area contributed by atoms with E-state index in [1.165, 1.54) is 11.1 Å². The topological polar surface area (TPSA) is 40.5 Å². The van der Waals surface area contributed by atoms with Gasteiger partial charge in [-0.3, -0.25) is 4.79 Å². The van der Waals surface area contributed by atoms with E-state index in [2.05, 4.69) is 6.07 Å². The van der Waals surface area contributed by atoms with Crippen molar-refractivity contribution in [3.63, 3.8) is 0 Å². The molecule has 1 heterocycles. The molecule has 0 spiro atoms. The summed E-state index contributed by atoms with van der Waals surface area (Å²) in [5.41, 5.74) is 2.51. The largest absolute Gasteiger partial charge is 0.387 e. The summed E-state index contributed by atoms with van der Waals surface area (Å²) < 4.78 is 0. The zero-order valence-electron chi connectivity index (χ0n) is 7.94. The van der Waals surface area contributed by atoms with E-state index in [-0.39, 0.29) is 12.5 Å². The van der Waals surface area contributed by atoms with Gasteiger partial charge in [-0.25, -0.2) is 0 Å². The van der Waals surface area contributed by atoms with E-state index in [1.54, 1.807) is 4.90 Å². The standard InChI is InChI=1S/C11H13NO2/c13-8-11(14)12-6-5-9-3-1-2-4-10(9)7-12/h1-4,13H,5-8H2. The number of aliphatic hydroxyl groups is 1. The predicted molar refractivity (Wildman–Crippen MR) is 52.6 cm³/mol. The molecule has 0 bridgehead atoms. The van der Waals surface area contributed by atoms with Gasteiger partial charge in [0.25, 0.3) is 0 Å². The van der Waals surface area contributed by atoms with Crippen LogP contribution in [0.3, 0.4) is 0 Å². The maximum absolute atomic E-state index is 11.3. The highest BCUT2D eigenvalue weighted by molar-refractivity contribution is 5.77. The summed E-state index contributed by atoms with van der Waals surface area (Å²) >= 11 is 0. The van der Waals surface area contributed by atoms with Gasteiger partial charge in [0.2, 0.25) is 5.91 Å². The summed E-state index contributed by atoms with van der Waals surface area (Å²) in [4.78, 5) is 12.9. The van der Waals surface area contributed by atoms with Crippen LogP contribution in [-0.4, -0.2) is 29.1 Å². The van der Waals surface area contributed by atoms with Gasteiger partial charge in [0.05, 0.1) is 0 Å². The molecule has 0 aromatic heterocycles. The van der Waals surface area contributed by atoms with E-state index in [0.29, 0.717) is 6.54 Å². The zero-order valence-corrected chi connectivity index (χ0v) is 7.94. The molecule has 74 valence electrons. The maximum Gasteiger partial charge on any atom is 0.248 e. The Kier molecular flexibility index (Phi) is 2.50. The van der Waals surface area contributed by atoms with Crippen LogP contribution in [-0.2, 0) is 17.8 Å². The Morgan fingerprint density at radius 1 is 1.36 bits per heavy atom. The number of carbonyl (C=O) groups excluding carboxylic acids is 1. The lowest BCUT2D eigenvalue weighted by atomic mass is 10.00. The van der Waals surface area contributed by atoms with Crippen molar-refractivity contribution in [2.24, 2.45) is 0 Å². The fourth-order valence-corrected chi connectivity index (χ4v) is 1.81. The van der Waals surface area contributed by atoms with Crippen molar-refractivity contribution in [3.8, 4) is 0 Å². The van der Waals surface area contributed by atoms with Gasteiger partial charge in [-0.05, 0) is 17.5 Å². The number of hydrogen-bond acceptors (Lipinski definition) is 2. The lowest BCUT2D eigenvalue weighted by Gasteiger charge is -2.28. The molecule has 3 nitrogen and oxygen atoms in total. The summed E-state index contributed by atoms with van der Waals surface area (Å²) in [6.45, 7) is 0.966. The van der Waals surface area contributed by atoms with Gasteiger partial charge in [-0.15, -0.1) is 0 Å². The molecule has 14 heavy (non-hydrogen) atoms. The third-order valence-electron chi connectivity index (χ3n) is 2.62. The quantitative estimate of drug-likeness (QED) is 0.704. The molecular weight excluding hydrogens is 178 g/mol. The van der Waals surface area contributed by atoms with Crippen molar-refractivity contribution in [2.75, 3.05) is 13.2 Å². The molecular formula is C11H13NO2. The second-order valence-corrected chi connectivity index (χ2v) is 3.49. The molecule has 1 amide bonds. The third kappa shape index (κ3) is 1.63. The van der Waals surface area contributed by atoms with Crippen LogP contribution in [0.2, 0.25) is 0 Å². The highest BCUT2D eigenvalue weighted by Gasteiger charge is 2.18. The molecule has 3 heteroatoms. The number of amides is 1. The van der Waals surface area contributed by atoms with Crippen molar-refractivity contribution in [2.45, 2.75) is 13.0 Å². The van der Waals surface area contributed by atoms with Gasteiger partial charge in [0.15, 0.2) is 0 Å². The van der Waals surface area contributed by atoms with Gasteiger partial charge in [0.1, 0.15) is 6.61 Å². The van der Waals surface area contributed by atoms with E-state index in [1.807, 2.05) is 18.2 Å². The van der Waals surface area contributed by atoms with E-state index in [4.69, 9.17) is 5.11 Å². The first-order valence-electron chi connectivity index (χ1n) is 4.76. The molecule has 1 N–H and O–H groups in total. The van der Waals surface area contributed by atoms with Gasteiger partial charge in [0, 0.05) is 13.1 Å². The average molecular weight is 191 g/mol. The molecule has 1 aliphatic rings. The van der Waals surface area contributed by atoms with Crippen LogP contribution in [0.25, 0.3) is 0 Å². The number of nitrogens with zero attached hydrogens (tertiary/aromatic N) is 1. The first kappa shape index (κ1) is 9.21. The van der Waals surface area contributed by atoms with Crippen LogP contribution in [0.15, 0.2) is 24.3 Å². The lowest BCUT2D eigenvalue weighted by molar-refractivity contribution is -0.135. The van der Waals surface area contributed by atoms with Crippen LogP contribution >= 0.6 is 0 Å². The molecule has 0 saturated carbocycles. The predicted octanol–water partition coefficient (Wildman–Crippen LogP) is 0.564. The molecule has 0 radical (unpaired) electrons. The average Bonchev–Trinajstić information content (AvgIpc) is 2.27. The fraction of sp³-hybridized carbons (Fsp3) is 0.364. The van der Waals surface area contributed by atoms with Crippen molar-refractivity contribution in [3.05, 3.63) is 35.4 Å². The number of benzene rings is 1. The SMILES string of the molecule is O=C(CO)N1CCc2ccccc2C1. The van der Waals surface area contributed by atoms with Crippen LogP contribution in [0.1, 0.15) is 11.1 Å². The summed E-state index contributed by atoms with van der Waals surface area (Å²) in [5.74, 6) is -0.181. The van der Waals surface area contributed by atoms with Gasteiger partial charge >= 0.3 is 0 Å². The normalized spacial score (nSPS) is 15.1. The van der Waals surface area contributed by atoms with Gasteiger partial charge in [-0.2, -0.15) is 0 Å². The molecule has 0 aliphatic carbocycles. The Hall–Kier alpha value is -1.35. The van der Waals surface area contributed by atoms with Crippen molar-refractivity contribution >= 4 is 5.91 Å². The molecule has 0 saturated heterocycles. The summed E-state index contributed by atoms with van der Waals surface area (Å²) in [7, 11) is 0. The monoisotopic (exact) mass is 191 g/mol. The Balaban J connectivity index is 2.17. The van der Waals surface area contributed by atoms with Crippen LogP contribution in [0, 0.1) is 0 Å². The Morgan fingerprint density at radius 2 is 2.07 bits per heavy atom. The lowest BCUT2D eigenvalue weighted by Crippen LogP contribution is -2.37. The minimum Gasteiger partial charge on any atom is -0.387 e. The van der Waals surface area contributed by atoms with E-state index >= 15 is 0 Å². The summed E-state index contributed by atoms with van der Waals surface area (Å²) in [5, 5.41) is 8.74. The van der Waals surface area contributed by atoms with Crippen LogP contribution in [0.5, 0.6) is 0 Å². The number of fused-ring (bicyclic) bond motifs is 1. The minimum absolute atomic E-state index is 0.181. The second kappa shape index (κ2) is 3.80. The molecule has 0 atom stereocenters. The third-order valence-corrected chi connectivity index (χ3v) is 2.62. The number of aliphatic hydroxyl groups excluding tert-OH is 1. The molecule has 1 aliphatic heterocycles.